The maximum Gasteiger partial charge on any atom is 0.138 e. The van der Waals surface area contributed by atoms with Crippen LogP contribution in [0.5, 0.6) is 0 Å². The molecule has 0 fully saturated rings. The zero-order valence-electron chi connectivity index (χ0n) is 7.24. The van der Waals surface area contributed by atoms with Crippen molar-refractivity contribution in [2.24, 2.45) is 0 Å². The van der Waals surface area contributed by atoms with Crippen LogP contribution in [-0.2, 0) is 6.42 Å². The van der Waals surface area contributed by atoms with Crippen LogP contribution in [0, 0.1) is 5.82 Å². The molecule has 0 saturated carbocycles. The molecule has 14 heavy (non-hydrogen) atoms. The van der Waals surface area contributed by atoms with Crippen molar-refractivity contribution >= 4 is 34.3 Å². The van der Waals surface area contributed by atoms with Gasteiger partial charge in [-0.15, -0.1) is 22.9 Å². The molecular formula is C10H8ClFS2. The van der Waals surface area contributed by atoms with Crippen molar-refractivity contribution in [3.63, 3.8) is 0 Å². The van der Waals surface area contributed by atoms with E-state index in [1.165, 1.54) is 23.0 Å². The first-order valence-electron chi connectivity index (χ1n) is 4.15. The van der Waals surface area contributed by atoms with Crippen LogP contribution in [0.1, 0.15) is 15.8 Å². The molecule has 0 aliphatic rings. The molecule has 2 heterocycles. The van der Waals surface area contributed by atoms with Crippen molar-refractivity contribution in [1.29, 1.82) is 0 Å². The summed E-state index contributed by atoms with van der Waals surface area (Å²) in [5.41, 5.74) is 1.17. The fraction of sp³-hybridized carbons (Fsp3) is 0.200. The van der Waals surface area contributed by atoms with Crippen LogP contribution < -0.4 is 0 Å². The molecule has 1 unspecified atom stereocenters. The molecule has 0 aromatic carbocycles. The quantitative estimate of drug-likeness (QED) is 0.701. The summed E-state index contributed by atoms with van der Waals surface area (Å²) in [6.45, 7) is 0. The van der Waals surface area contributed by atoms with Crippen LogP contribution in [0.4, 0.5) is 4.39 Å². The van der Waals surface area contributed by atoms with E-state index in [0.29, 0.717) is 11.3 Å². The van der Waals surface area contributed by atoms with Crippen LogP contribution in [-0.4, -0.2) is 0 Å². The summed E-state index contributed by atoms with van der Waals surface area (Å²) in [6.07, 6.45) is 0.697. The molecule has 2 rings (SSSR count). The predicted molar refractivity (Wildman–Crippen MR) is 60.9 cm³/mol. The molecule has 0 nitrogen and oxygen atoms in total. The standard InChI is InChI=1S/C10H8ClFS2/c11-8(5-7-1-3-13-6-7)10-9(12)2-4-14-10/h1-4,6,8H,5H2. The van der Waals surface area contributed by atoms with Gasteiger partial charge in [0.2, 0.25) is 0 Å². The van der Waals surface area contributed by atoms with Gasteiger partial charge < -0.3 is 0 Å². The zero-order chi connectivity index (χ0) is 9.97. The summed E-state index contributed by atoms with van der Waals surface area (Å²) in [7, 11) is 0. The lowest BCUT2D eigenvalue weighted by Crippen LogP contribution is -1.93. The highest BCUT2D eigenvalue weighted by Crippen LogP contribution is 2.31. The summed E-state index contributed by atoms with van der Waals surface area (Å²) in [5, 5.41) is 5.53. The van der Waals surface area contributed by atoms with Gasteiger partial charge in [0.1, 0.15) is 5.82 Å². The molecule has 0 amide bonds. The maximum absolute atomic E-state index is 13.2. The van der Waals surface area contributed by atoms with E-state index >= 15 is 0 Å². The molecule has 0 N–H and O–H groups in total. The fourth-order valence-electron chi connectivity index (χ4n) is 1.24. The van der Waals surface area contributed by atoms with Gasteiger partial charge in [0.15, 0.2) is 0 Å². The van der Waals surface area contributed by atoms with Crippen LogP contribution in [0.15, 0.2) is 28.3 Å². The minimum Gasteiger partial charge on any atom is -0.206 e. The normalized spacial score (nSPS) is 13.0. The average molecular weight is 247 g/mol. The van der Waals surface area contributed by atoms with Crippen molar-refractivity contribution in [1.82, 2.24) is 0 Å². The number of rotatable bonds is 3. The number of hydrogen-bond donors (Lipinski definition) is 0. The smallest absolute Gasteiger partial charge is 0.138 e. The van der Waals surface area contributed by atoms with E-state index in [9.17, 15) is 4.39 Å². The molecule has 1 atom stereocenters. The molecule has 4 heteroatoms. The van der Waals surface area contributed by atoms with Gasteiger partial charge in [0, 0.05) is 0 Å². The fourth-order valence-corrected chi connectivity index (χ4v) is 3.10. The first-order valence-corrected chi connectivity index (χ1v) is 6.41. The second kappa shape index (κ2) is 4.43. The van der Waals surface area contributed by atoms with Gasteiger partial charge in [0.05, 0.1) is 10.3 Å². The van der Waals surface area contributed by atoms with E-state index in [-0.39, 0.29) is 11.2 Å². The van der Waals surface area contributed by atoms with Gasteiger partial charge in [-0.25, -0.2) is 4.39 Å². The van der Waals surface area contributed by atoms with E-state index in [1.54, 1.807) is 16.7 Å². The van der Waals surface area contributed by atoms with Crippen LogP contribution in [0.3, 0.4) is 0 Å². The van der Waals surface area contributed by atoms with Crippen LogP contribution in [0.2, 0.25) is 0 Å². The molecular weight excluding hydrogens is 239 g/mol. The predicted octanol–water partition coefficient (Wildman–Crippen LogP) is 4.47. The number of hydrogen-bond acceptors (Lipinski definition) is 2. The molecule has 2 aromatic heterocycles. The van der Waals surface area contributed by atoms with Gasteiger partial charge >= 0.3 is 0 Å². The van der Waals surface area contributed by atoms with E-state index in [2.05, 4.69) is 0 Å². The Hall–Kier alpha value is -0.380. The van der Waals surface area contributed by atoms with Crippen LogP contribution >= 0.6 is 34.3 Å². The third-order valence-corrected chi connectivity index (χ3v) is 4.16. The summed E-state index contributed by atoms with van der Waals surface area (Å²) >= 11 is 9.13. The van der Waals surface area contributed by atoms with Gasteiger partial charge in [0.25, 0.3) is 0 Å². The highest BCUT2D eigenvalue weighted by molar-refractivity contribution is 7.10. The summed E-state index contributed by atoms with van der Waals surface area (Å²) in [5.74, 6) is -0.190. The van der Waals surface area contributed by atoms with Crippen molar-refractivity contribution in [2.75, 3.05) is 0 Å². The number of alkyl halides is 1. The minimum atomic E-state index is -0.246. The largest absolute Gasteiger partial charge is 0.206 e. The number of thiophene rings is 2. The molecule has 0 aliphatic carbocycles. The third kappa shape index (κ3) is 2.16. The molecule has 0 saturated heterocycles. The lowest BCUT2D eigenvalue weighted by Gasteiger charge is -2.05. The first kappa shape index (κ1) is 10.1. The second-order valence-electron chi connectivity index (χ2n) is 2.94. The minimum absolute atomic E-state index is 0.190. The van der Waals surface area contributed by atoms with Crippen molar-refractivity contribution in [3.05, 3.63) is 44.5 Å². The Bertz CT molecular complexity index is 394. The number of halogens is 2. The summed E-state index contributed by atoms with van der Waals surface area (Å²) in [6, 6.07) is 3.48. The zero-order valence-corrected chi connectivity index (χ0v) is 9.63. The highest BCUT2D eigenvalue weighted by Gasteiger charge is 2.14. The Labute approximate surface area is 95.0 Å². The Balaban J connectivity index is 2.10. The molecule has 2 aromatic rings. The highest BCUT2D eigenvalue weighted by atomic mass is 35.5. The monoisotopic (exact) mass is 246 g/mol. The lowest BCUT2D eigenvalue weighted by molar-refractivity contribution is 0.615. The molecule has 74 valence electrons. The lowest BCUT2D eigenvalue weighted by atomic mass is 10.1. The SMILES string of the molecule is Fc1ccsc1C(Cl)Cc1ccsc1. The van der Waals surface area contributed by atoms with Crippen molar-refractivity contribution < 1.29 is 4.39 Å². The Morgan fingerprint density at radius 2 is 2.21 bits per heavy atom. The van der Waals surface area contributed by atoms with E-state index < -0.39 is 0 Å². The molecule has 0 aliphatic heterocycles. The Morgan fingerprint density at radius 1 is 1.36 bits per heavy atom. The second-order valence-corrected chi connectivity index (χ2v) is 5.19. The van der Waals surface area contributed by atoms with Crippen LogP contribution in [0.25, 0.3) is 0 Å². The van der Waals surface area contributed by atoms with E-state index in [4.69, 9.17) is 11.6 Å². The van der Waals surface area contributed by atoms with Gasteiger partial charge in [-0.1, -0.05) is 0 Å². The molecule has 0 radical (unpaired) electrons. The molecule has 0 spiro atoms. The topological polar surface area (TPSA) is 0 Å². The molecule has 0 bridgehead atoms. The Morgan fingerprint density at radius 3 is 2.79 bits per heavy atom. The van der Waals surface area contributed by atoms with Crippen molar-refractivity contribution in [3.8, 4) is 0 Å². The third-order valence-electron chi connectivity index (χ3n) is 1.92. The van der Waals surface area contributed by atoms with Crippen molar-refractivity contribution in [2.45, 2.75) is 11.8 Å². The average Bonchev–Trinajstić information content (AvgIpc) is 2.75. The Kier molecular flexibility index (Phi) is 3.21. The summed E-state index contributed by atoms with van der Waals surface area (Å²) in [4.78, 5) is 0.637. The maximum atomic E-state index is 13.2. The van der Waals surface area contributed by atoms with E-state index in [0.717, 1.165) is 0 Å². The summed E-state index contributed by atoms with van der Waals surface area (Å²) < 4.78 is 13.2. The van der Waals surface area contributed by atoms with E-state index in [1.807, 2.05) is 16.8 Å². The van der Waals surface area contributed by atoms with Gasteiger partial charge in [-0.2, -0.15) is 11.3 Å². The first-order chi connectivity index (χ1) is 6.77. The van der Waals surface area contributed by atoms with Gasteiger partial charge in [-0.05, 0) is 40.3 Å². The van der Waals surface area contributed by atoms with Gasteiger partial charge in [-0.3, -0.25) is 0 Å².